The maximum absolute atomic E-state index is 5.40. The van der Waals surface area contributed by atoms with Crippen LogP contribution in [0.1, 0.15) is 52.3 Å². The number of nitrogens with zero attached hydrogens (tertiary/aromatic N) is 2. The monoisotopic (exact) mass is 280 g/mol. The van der Waals surface area contributed by atoms with E-state index in [0.29, 0.717) is 13.2 Å². The molecule has 1 aromatic rings. The summed E-state index contributed by atoms with van der Waals surface area (Å²) >= 11 is 0. The summed E-state index contributed by atoms with van der Waals surface area (Å²) in [4.78, 5) is 8.96. The lowest BCUT2D eigenvalue weighted by molar-refractivity contribution is 0.128. The summed E-state index contributed by atoms with van der Waals surface area (Å²) in [7, 11) is 0. The lowest BCUT2D eigenvalue weighted by atomic mass is 10.2. The van der Waals surface area contributed by atoms with Crippen LogP contribution >= 0.6 is 0 Å². The van der Waals surface area contributed by atoms with Crippen molar-refractivity contribution in [2.75, 3.05) is 30.3 Å². The molecule has 2 N–H and O–H groups in total. The molecular weight excluding hydrogens is 252 g/mol. The first-order valence-corrected chi connectivity index (χ1v) is 7.73. The van der Waals surface area contributed by atoms with E-state index in [-0.39, 0.29) is 0 Å². The average molecular weight is 280 g/mol. The third-order valence-corrected chi connectivity index (χ3v) is 2.85. The predicted molar refractivity (Wildman–Crippen MR) is 84.2 cm³/mol. The summed E-state index contributed by atoms with van der Waals surface area (Å²) in [6.07, 6.45) is 4.71. The van der Waals surface area contributed by atoms with Gasteiger partial charge in [-0.1, -0.05) is 26.7 Å². The van der Waals surface area contributed by atoms with Crippen LogP contribution < -0.4 is 10.6 Å². The molecule has 0 atom stereocenters. The highest BCUT2D eigenvalue weighted by atomic mass is 16.5. The van der Waals surface area contributed by atoms with Gasteiger partial charge >= 0.3 is 0 Å². The minimum absolute atomic E-state index is 0.460. The SMILES string of the molecule is CCCCCNc1cc(NCCC)nc(COCC)n1. The molecule has 0 aliphatic carbocycles. The first-order valence-electron chi connectivity index (χ1n) is 7.73. The summed E-state index contributed by atoms with van der Waals surface area (Å²) in [6.45, 7) is 9.32. The van der Waals surface area contributed by atoms with E-state index in [9.17, 15) is 0 Å². The van der Waals surface area contributed by atoms with Crippen LogP contribution in [0.15, 0.2) is 6.07 Å². The second-order valence-electron chi connectivity index (χ2n) is 4.75. The Morgan fingerprint density at radius 3 is 2.25 bits per heavy atom. The van der Waals surface area contributed by atoms with E-state index in [4.69, 9.17) is 4.74 Å². The number of rotatable bonds is 11. The van der Waals surface area contributed by atoms with Gasteiger partial charge in [0.05, 0.1) is 0 Å². The van der Waals surface area contributed by atoms with Crippen molar-refractivity contribution in [3.63, 3.8) is 0 Å². The zero-order valence-electron chi connectivity index (χ0n) is 13.0. The quantitative estimate of drug-likeness (QED) is 0.608. The second-order valence-corrected chi connectivity index (χ2v) is 4.75. The number of unbranched alkanes of at least 4 members (excludes halogenated alkanes) is 2. The molecule has 5 heteroatoms. The molecule has 1 heterocycles. The van der Waals surface area contributed by atoms with E-state index in [0.717, 1.165) is 37.0 Å². The van der Waals surface area contributed by atoms with Gasteiger partial charge in [0.2, 0.25) is 0 Å². The molecule has 114 valence electrons. The zero-order chi connectivity index (χ0) is 14.6. The molecule has 0 spiro atoms. The van der Waals surface area contributed by atoms with E-state index in [1.165, 1.54) is 19.3 Å². The van der Waals surface area contributed by atoms with E-state index in [2.05, 4.69) is 34.4 Å². The van der Waals surface area contributed by atoms with Crippen LogP contribution in [0.2, 0.25) is 0 Å². The van der Waals surface area contributed by atoms with E-state index < -0.39 is 0 Å². The molecule has 0 radical (unpaired) electrons. The van der Waals surface area contributed by atoms with Crippen LogP contribution in [0.5, 0.6) is 0 Å². The van der Waals surface area contributed by atoms with Crippen LogP contribution in [0, 0.1) is 0 Å². The molecule has 0 amide bonds. The lowest BCUT2D eigenvalue weighted by Gasteiger charge is -2.11. The molecule has 0 aliphatic rings. The van der Waals surface area contributed by atoms with Crippen molar-refractivity contribution >= 4 is 11.6 Å². The van der Waals surface area contributed by atoms with E-state index >= 15 is 0 Å². The highest BCUT2D eigenvalue weighted by Crippen LogP contribution is 2.12. The maximum Gasteiger partial charge on any atom is 0.158 e. The molecule has 0 bridgehead atoms. The molecule has 0 unspecified atom stereocenters. The van der Waals surface area contributed by atoms with Crippen molar-refractivity contribution < 1.29 is 4.74 Å². The Morgan fingerprint density at radius 1 is 0.950 bits per heavy atom. The van der Waals surface area contributed by atoms with E-state index in [1.807, 2.05) is 13.0 Å². The van der Waals surface area contributed by atoms with Crippen LogP contribution in [-0.4, -0.2) is 29.7 Å². The topological polar surface area (TPSA) is 59.1 Å². The van der Waals surface area contributed by atoms with Gasteiger partial charge < -0.3 is 15.4 Å². The Balaban J connectivity index is 2.64. The van der Waals surface area contributed by atoms with Gasteiger partial charge in [-0.3, -0.25) is 0 Å². The Morgan fingerprint density at radius 2 is 1.65 bits per heavy atom. The molecule has 20 heavy (non-hydrogen) atoms. The molecule has 1 rings (SSSR count). The molecule has 0 fully saturated rings. The molecule has 0 aliphatic heterocycles. The summed E-state index contributed by atoms with van der Waals surface area (Å²) in [5.74, 6) is 2.48. The summed E-state index contributed by atoms with van der Waals surface area (Å²) in [5, 5.41) is 6.67. The van der Waals surface area contributed by atoms with Crippen LogP contribution in [0.4, 0.5) is 11.6 Å². The smallest absolute Gasteiger partial charge is 0.158 e. The number of anilines is 2. The third-order valence-electron chi connectivity index (χ3n) is 2.85. The molecule has 5 nitrogen and oxygen atoms in total. The number of nitrogens with one attached hydrogen (secondary N) is 2. The second kappa shape index (κ2) is 10.4. The predicted octanol–water partition coefficient (Wildman–Crippen LogP) is 3.44. The van der Waals surface area contributed by atoms with Gasteiger partial charge in [0.25, 0.3) is 0 Å². The van der Waals surface area contributed by atoms with Gasteiger partial charge in [-0.15, -0.1) is 0 Å². The highest BCUT2D eigenvalue weighted by Gasteiger charge is 2.04. The normalized spacial score (nSPS) is 10.6. The highest BCUT2D eigenvalue weighted by molar-refractivity contribution is 5.47. The van der Waals surface area contributed by atoms with Gasteiger partial charge in [0.15, 0.2) is 5.82 Å². The summed E-state index contributed by atoms with van der Waals surface area (Å²) < 4.78 is 5.40. The van der Waals surface area contributed by atoms with Crippen molar-refractivity contribution in [3.8, 4) is 0 Å². The Bertz CT molecular complexity index is 345. The minimum Gasteiger partial charge on any atom is -0.374 e. The molecule has 0 aromatic carbocycles. The third kappa shape index (κ3) is 6.70. The van der Waals surface area contributed by atoms with Crippen molar-refractivity contribution in [2.24, 2.45) is 0 Å². The van der Waals surface area contributed by atoms with Crippen LogP contribution in [0.25, 0.3) is 0 Å². The van der Waals surface area contributed by atoms with Crippen molar-refractivity contribution in [3.05, 3.63) is 11.9 Å². The molecule has 0 saturated heterocycles. The fourth-order valence-corrected chi connectivity index (χ4v) is 1.78. The summed E-state index contributed by atoms with van der Waals surface area (Å²) in [6, 6.07) is 1.97. The van der Waals surface area contributed by atoms with Gasteiger partial charge in [0.1, 0.15) is 18.2 Å². The number of hydrogen-bond acceptors (Lipinski definition) is 5. The van der Waals surface area contributed by atoms with Crippen LogP contribution in [0.3, 0.4) is 0 Å². The molecule has 1 aromatic heterocycles. The average Bonchev–Trinajstić information content (AvgIpc) is 2.47. The fraction of sp³-hybridized carbons (Fsp3) is 0.733. The Kier molecular flexibility index (Phi) is 8.71. The zero-order valence-corrected chi connectivity index (χ0v) is 13.0. The minimum atomic E-state index is 0.460. The largest absolute Gasteiger partial charge is 0.374 e. The van der Waals surface area contributed by atoms with Gasteiger partial charge in [0, 0.05) is 25.8 Å². The number of aromatic nitrogens is 2. The first kappa shape index (κ1) is 16.7. The van der Waals surface area contributed by atoms with Crippen LogP contribution in [-0.2, 0) is 11.3 Å². The molecule has 0 saturated carbocycles. The number of hydrogen-bond donors (Lipinski definition) is 2. The van der Waals surface area contributed by atoms with Gasteiger partial charge in [-0.25, -0.2) is 9.97 Å². The van der Waals surface area contributed by atoms with Gasteiger partial charge in [-0.05, 0) is 19.8 Å². The Hall–Kier alpha value is -1.36. The maximum atomic E-state index is 5.40. The lowest BCUT2D eigenvalue weighted by Crippen LogP contribution is -2.10. The van der Waals surface area contributed by atoms with Crippen molar-refractivity contribution in [2.45, 2.75) is 53.1 Å². The van der Waals surface area contributed by atoms with Crippen molar-refractivity contribution in [1.29, 1.82) is 0 Å². The Labute approximate surface area is 122 Å². The molecular formula is C15H28N4O. The van der Waals surface area contributed by atoms with Crippen molar-refractivity contribution in [1.82, 2.24) is 9.97 Å². The standard InChI is InChI=1S/C15H28N4O/c1-4-7-8-10-17-14-11-13(16-9-5-2)18-15(19-14)12-20-6-3/h11H,4-10,12H2,1-3H3,(H2,16,17,18,19). The van der Waals surface area contributed by atoms with E-state index in [1.54, 1.807) is 0 Å². The first-order chi connectivity index (χ1) is 9.80. The number of ether oxygens (including phenoxy) is 1. The summed E-state index contributed by atoms with van der Waals surface area (Å²) in [5.41, 5.74) is 0. The van der Waals surface area contributed by atoms with Gasteiger partial charge in [-0.2, -0.15) is 0 Å². The fourth-order valence-electron chi connectivity index (χ4n) is 1.78.